The van der Waals surface area contributed by atoms with Crippen molar-refractivity contribution < 1.29 is 18.3 Å². The Morgan fingerprint density at radius 3 is 2.93 bits per heavy atom. The van der Waals surface area contributed by atoms with Gasteiger partial charge in [-0.2, -0.15) is 0 Å². The van der Waals surface area contributed by atoms with E-state index in [4.69, 9.17) is 28.6 Å². The Morgan fingerprint density at radius 2 is 2.21 bits per heavy atom. The molecule has 2 aliphatic heterocycles. The summed E-state index contributed by atoms with van der Waals surface area (Å²) in [6.07, 6.45) is 1.35. The Balaban J connectivity index is 1.60. The quantitative estimate of drug-likeness (QED) is 0.601. The third kappa shape index (κ3) is 3.38. The number of nitrogens with zero attached hydrogens (tertiary/aromatic N) is 2. The van der Waals surface area contributed by atoms with Crippen molar-refractivity contribution in [3.05, 3.63) is 50.5 Å². The molecule has 1 fully saturated rings. The van der Waals surface area contributed by atoms with Crippen LogP contribution in [0.3, 0.4) is 0 Å². The Labute approximate surface area is 171 Å². The zero-order chi connectivity index (χ0) is 20.0. The smallest absolute Gasteiger partial charge is 0.226 e. The van der Waals surface area contributed by atoms with Gasteiger partial charge in [0, 0.05) is 43.1 Å². The van der Waals surface area contributed by atoms with Gasteiger partial charge < -0.3 is 19.2 Å². The summed E-state index contributed by atoms with van der Waals surface area (Å²) < 4.78 is 38.3. The lowest BCUT2D eigenvalue weighted by molar-refractivity contribution is -0.121. The van der Waals surface area contributed by atoms with Gasteiger partial charge in [0.1, 0.15) is 11.6 Å². The third-order valence-corrected chi connectivity index (χ3v) is 6.32. The van der Waals surface area contributed by atoms with Crippen molar-refractivity contribution >= 4 is 29.7 Å². The molecule has 1 saturated heterocycles. The van der Waals surface area contributed by atoms with Crippen molar-refractivity contribution in [2.75, 3.05) is 13.2 Å². The highest BCUT2D eigenvalue weighted by atomic mass is 35.5. The van der Waals surface area contributed by atoms with E-state index < -0.39 is 17.6 Å². The number of aromatic nitrogens is 2. The van der Waals surface area contributed by atoms with Crippen LogP contribution in [0, 0.1) is 16.4 Å². The first-order valence-electron chi connectivity index (χ1n) is 9.14. The van der Waals surface area contributed by atoms with Crippen LogP contribution in [0.1, 0.15) is 29.3 Å². The Hall–Kier alpha value is -1.77. The lowest BCUT2D eigenvalue weighted by atomic mass is 9.95. The fraction of sp³-hybridized carbons (Fsp3) is 0.474. The molecule has 2 aromatic rings. The molecule has 5 nitrogen and oxygen atoms in total. The second-order valence-electron chi connectivity index (χ2n) is 7.31. The van der Waals surface area contributed by atoms with Crippen molar-refractivity contribution in [3.8, 4) is 0 Å². The number of carbonyl (C=O) groups is 1. The first kappa shape index (κ1) is 19.5. The van der Waals surface area contributed by atoms with Crippen LogP contribution >= 0.6 is 23.8 Å². The van der Waals surface area contributed by atoms with Crippen molar-refractivity contribution in [2.45, 2.75) is 37.8 Å². The standard InChI is InChI=1S/C19H20ClF2N3O2S/c1-24-14(7-16(26)23-11-4-5-27-9-11)15-6-10(8-25(15)19(24)28)17-13(21)3-2-12(20)18(17)22/h2-3,10-11H,4-9H2,1H3,(H,23,26)/t10-,11+/m1/s1. The van der Waals surface area contributed by atoms with Crippen LogP contribution < -0.4 is 5.32 Å². The molecule has 0 bridgehead atoms. The first-order valence-corrected chi connectivity index (χ1v) is 9.93. The van der Waals surface area contributed by atoms with Crippen LogP contribution in [-0.2, 0) is 36.0 Å². The van der Waals surface area contributed by atoms with E-state index >= 15 is 0 Å². The van der Waals surface area contributed by atoms with Crippen LogP contribution in [0.15, 0.2) is 12.1 Å². The molecule has 2 atom stereocenters. The fourth-order valence-corrected chi connectivity index (χ4v) is 4.57. The number of benzene rings is 1. The summed E-state index contributed by atoms with van der Waals surface area (Å²) in [6, 6.07) is 2.42. The third-order valence-electron chi connectivity index (χ3n) is 5.53. The van der Waals surface area contributed by atoms with Crippen LogP contribution in [0.4, 0.5) is 8.78 Å². The summed E-state index contributed by atoms with van der Waals surface area (Å²) in [5, 5.41) is 2.86. The van der Waals surface area contributed by atoms with Crippen LogP contribution in [0.5, 0.6) is 0 Å². The predicted octanol–water partition coefficient (Wildman–Crippen LogP) is 3.28. The molecule has 3 heterocycles. The van der Waals surface area contributed by atoms with Gasteiger partial charge in [-0.25, -0.2) is 8.78 Å². The van der Waals surface area contributed by atoms with E-state index in [1.54, 1.807) is 4.57 Å². The molecule has 1 aromatic carbocycles. The van der Waals surface area contributed by atoms with Gasteiger partial charge in [0.15, 0.2) is 4.77 Å². The van der Waals surface area contributed by atoms with Crippen molar-refractivity contribution in [2.24, 2.45) is 7.05 Å². The largest absolute Gasteiger partial charge is 0.379 e. The summed E-state index contributed by atoms with van der Waals surface area (Å²) in [5.74, 6) is -1.87. The molecule has 0 saturated carbocycles. The summed E-state index contributed by atoms with van der Waals surface area (Å²) in [7, 11) is 1.81. The van der Waals surface area contributed by atoms with E-state index in [9.17, 15) is 13.6 Å². The number of ether oxygens (including phenoxy) is 1. The number of halogens is 3. The van der Waals surface area contributed by atoms with Gasteiger partial charge in [0.25, 0.3) is 0 Å². The van der Waals surface area contributed by atoms with E-state index in [0.717, 1.165) is 17.8 Å². The minimum atomic E-state index is -0.728. The number of amides is 1. The Morgan fingerprint density at radius 1 is 1.43 bits per heavy atom. The van der Waals surface area contributed by atoms with Crippen LogP contribution in [-0.4, -0.2) is 34.3 Å². The maximum absolute atomic E-state index is 14.5. The SMILES string of the molecule is Cn1c(CC(=O)N[C@H]2CCOC2)c2n(c1=S)C[C@H](c1c(F)ccc(Cl)c1F)C2. The number of hydrogen-bond acceptors (Lipinski definition) is 3. The minimum Gasteiger partial charge on any atom is -0.379 e. The summed E-state index contributed by atoms with van der Waals surface area (Å²) in [6.45, 7) is 1.52. The molecule has 9 heteroatoms. The number of carbonyl (C=O) groups excluding carboxylic acids is 1. The number of imidazole rings is 1. The molecule has 28 heavy (non-hydrogen) atoms. The molecule has 0 aliphatic carbocycles. The van der Waals surface area contributed by atoms with Gasteiger partial charge in [-0.15, -0.1) is 0 Å². The molecule has 0 unspecified atom stereocenters. The maximum atomic E-state index is 14.5. The molecule has 150 valence electrons. The van der Waals surface area contributed by atoms with Gasteiger partial charge in [-0.05, 0) is 37.2 Å². The average Bonchev–Trinajstić information content (AvgIpc) is 3.35. The van der Waals surface area contributed by atoms with Gasteiger partial charge in [-0.3, -0.25) is 4.79 Å². The highest BCUT2D eigenvalue weighted by molar-refractivity contribution is 7.71. The molecule has 0 spiro atoms. The Bertz CT molecular complexity index is 998. The summed E-state index contributed by atoms with van der Waals surface area (Å²) in [5.41, 5.74) is 1.59. The lowest BCUT2D eigenvalue weighted by Gasteiger charge is -2.14. The highest BCUT2D eigenvalue weighted by Crippen LogP contribution is 2.37. The molecule has 0 radical (unpaired) electrons. The lowest BCUT2D eigenvalue weighted by Crippen LogP contribution is -2.36. The first-order chi connectivity index (χ1) is 13.4. The maximum Gasteiger partial charge on any atom is 0.226 e. The minimum absolute atomic E-state index is 0.0215. The van der Waals surface area contributed by atoms with E-state index in [-0.39, 0.29) is 29.0 Å². The van der Waals surface area contributed by atoms with Crippen molar-refractivity contribution in [1.82, 2.24) is 14.5 Å². The fourth-order valence-electron chi connectivity index (χ4n) is 4.11. The van der Waals surface area contributed by atoms with E-state index in [2.05, 4.69) is 5.32 Å². The van der Waals surface area contributed by atoms with Gasteiger partial charge in [0.05, 0.1) is 24.1 Å². The Kier molecular flexibility index (Phi) is 5.28. The predicted molar refractivity (Wildman–Crippen MR) is 103 cm³/mol. The van der Waals surface area contributed by atoms with Gasteiger partial charge >= 0.3 is 0 Å². The molecule has 4 rings (SSSR count). The molecule has 1 aromatic heterocycles. The van der Waals surface area contributed by atoms with E-state index in [1.807, 2.05) is 11.6 Å². The topological polar surface area (TPSA) is 48.2 Å². The van der Waals surface area contributed by atoms with Crippen LogP contribution in [0.25, 0.3) is 0 Å². The zero-order valence-corrected chi connectivity index (χ0v) is 16.9. The van der Waals surface area contributed by atoms with Gasteiger partial charge in [0.2, 0.25) is 5.91 Å². The summed E-state index contributed by atoms with van der Waals surface area (Å²) in [4.78, 5) is 12.5. The second kappa shape index (κ2) is 7.57. The highest BCUT2D eigenvalue weighted by Gasteiger charge is 2.33. The molecular formula is C19H20ClF2N3O2S. The van der Waals surface area contributed by atoms with E-state index in [1.165, 1.54) is 12.1 Å². The molecule has 1 N–H and O–H groups in total. The van der Waals surface area contributed by atoms with Crippen molar-refractivity contribution in [1.29, 1.82) is 0 Å². The normalized spacial score (nSPS) is 21.1. The van der Waals surface area contributed by atoms with Crippen molar-refractivity contribution in [3.63, 3.8) is 0 Å². The average molecular weight is 428 g/mol. The second-order valence-corrected chi connectivity index (χ2v) is 8.08. The summed E-state index contributed by atoms with van der Waals surface area (Å²) >= 11 is 11.3. The molecular weight excluding hydrogens is 408 g/mol. The monoisotopic (exact) mass is 427 g/mol. The molecule has 1 amide bonds. The number of rotatable bonds is 4. The molecule has 2 aliphatic rings. The van der Waals surface area contributed by atoms with Crippen LogP contribution in [0.2, 0.25) is 5.02 Å². The number of hydrogen-bond donors (Lipinski definition) is 1. The van der Waals surface area contributed by atoms with E-state index in [0.29, 0.717) is 31.0 Å². The van der Waals surface area contributed by atoms with Gasteiger partial charge in [-0.1, -0.05) is 11.6 Å². The zero-order valence-electron chi connectivity index (χ0n) is 15.3. The number of nitrogens with one attached hydrogen (secondary N) is 1. The number of fused-ring (bicyclic) bond motifs is 1.